The van der Waals surface area contributed by atoms with Gasteiger partial charge in [0.05, 0.1) is 5.56 Å². The summed E-state index contributed by atoms with van der Waals surface area (Å²) in [5.41, 5.74) is 13.1. The van der Waals surface area contributed by atoms with Gasteiger partial charge in [-0.25, -0.2) is 0 Å². The predicted octanol–water partition coefficient (Wildman–Crippen LogP) is 17.1. The second kappa shape index (κ2) is 14.1. The number of fused-ring (bicyclic) bond motifs is 7. The SMILES string of the molecule is C=C(I)c1ccc(-c2c3c(c(-c4cccc5c4oc4cc(-c6c7ccccc7c(-c7ccc(C(F)(F)F)cc7)c7ccccc67)ccc45)c4ccccc24)CCC=C3)cc1. The van der Waals surface area contributed by atoms with E-state index in [9.17, 15) is 13.2 Å². The van der Waals surface area contributed by atoms with E-state index in [1.165, 1.54) is 50.7 Å². The zero-order chi connectivity index (χ0) is 40.7. The molecule has 0 radical (unpaired) electrons. The molecule has 10 aromatic rings. The van der Waals surface area contributed by atoms with Gasteiger partial charge < -0.3 is 4.42 Å². The summed E-state index contributed by atoms with van der Waals surface area (Å²) in [6.45, 7) is 4.14. The van der Waals surface area contributed by atoms with Crippen molar-refractivity contribution < 1.29 is 17.6 Å². The molecule has 0 N–H and O–H groups in total. The van der Waals surface area contributed by atoms with Crippen LogP contribution in [0.25, 0.3) is 108 Å². The molecule has 0 amide bonds. The molecule has 0 saturated heterocycles. The molecule has 0 fully saturated rings. The Bertz CT molecular complexity index is 3370. The van der Waals surface area contributed by atoms with E-state index in [1.54, 1.807) is 12.1 Å². The molecule has 5 heteroatoms. The molecule has 0 saturated carbocycles. The first-order valence-electron chi connectivity index (χ1n) is 20.0. The Labute approximate surface area is 358 Å². The molecular formula is C55H34F3IO. The second-order valence-corrected chi connectivity index (χ2v) is 16.8. The summed E-state index contributed by atoms with van der Waals surface area (Å²) < 4.78 is 48.8. The van der Waals surface area contributed by atoms with E-state index in [-0.39, 0.29) is 0 Å². The minimum absolute atomic E-state index is 0.662. The molecule has 1 aliphatic carbocycles. The highest BCUT2D eigenvalue weighted by Gasteiger charge is 2.30. The number of hydrogen-bond acceptors (Lipinski definition) is 1. The third-order valence-corrected chi connectivity index (χ3v) is 12.8. The summed E-state index contributed by atoms with van der Waals surface area (Å²) in [6, 6.07) is 52.3. The number of allylic oxidation sites excluding steroid dienone is 1. The van der Waals surface area contributed by atoms with Crippen LogP contribution in [0.2, 0.25) is 0 Å². The fraction of sp³-hybridized carbons (Fsp3) is 0.0545. The van der Waals surface area contributed by atoms with Gasteiger partial charge in [0.2, 0.25) is 0 Å². The minimum atomic E-state index is -4.41. The van der Waals surface area contributed by atoms with E-state index in [4.69, 9.17) is 4.42 Å². The van der Waals surface area contributed by atoms with E-state index in [2.05, 4.69) is 151 Å². The normalized spacial score (nSPS) is 12.9. The van der Waals surface area contributed by atoms with Crippen molar-refractivity contribution in [3.8, 4) is 44.5 Å². The summed E-state index contributed by atoms with van der Waals surface area (Å²) >= 11 is 2.28. The first-order chi connectivity index (χ1) is 29.2. The largest absolute Gasteiger partial charge is 0.455 e. The molecule has 0 unspecified atom stereocenters. The average Bonchev–Trinajstić information content (AvgIpc) is 3.65. The van der Waals surface area contributed by atoms with Gasteiger partial charge in [-0.2, -0.15) is 13.2 Å². The highest BCUT2D eigenvalue weighted by atomic mass is 127. The zero-order valence-corrected chi connectivity index (χ0v) is 34.4. The van der Waals surface area contributed by atoms with Crippen LogP contribution in [0.1, 0.15) is 28.7 Å². The van der Waals surface area contributed by atoms with Crippen molar-refractivity contribution in [2.45, 2.75) is 19.0 Å². The van der Waals surface area contributed by atoms with Gasteiger partial charge in [-0.1, -0.05) is 152 Å². The van der Waals surface area contributed by atoms with Gasteiger partial charge in [-0.05, 0) is 148 Å². The van der Waals surface area contributed by atoms with Crippen molar-refractivity contribution in [2.24, 2.45) is 0 Å². The van der Waals surface area contributed by atoms with Gasteiger partial charge in [0.15, 0.2) is 0 Å². The van der Waals surface area contributed by atoms with Crippen LogP contribution >= 0.6 is 22.6 Å². The molecule has 0 aliphatic heterocycles. The number of hydrogen-bond donors (Lipinski definition) is 0. The van der Waals surface area contributed by atoms with Crippen LogP contribution in [0.5, 0.6) is 0 Å². The van der Waals surface area contributed by atoms with Gasteiger partial charge in [0, 0.05) is 19.9 Å². The van der Waals surface area contributed by atoms with Gasteiger partial charge in [0.1, 0.15) is 11.2 Å². The Hall–Kier alpha value is -6.44. The van der Waals surface area contributed by atoms with Gasteiger partial charge in [-0.3, -0.25) is 0 Å². The molecule has 1 heterocycles. The lowest BCUT2D eigenvalue weighted by Gasteiger charge is -2.24. The molecule has 1 aliphatic rings. The molecule has 0 spiro atoms. The first kappa shape index (κ1) is 36.6. The van der Waals surface area contributed by atoms with E-state index in [1.807, 2.05) is 24.3 Å². The lowest BCUT2D eigenvalue weighted by atomic mass is 9.80. The highest BCUT2D eigenvalue weighted by molar-refractivity contribution is 14.1. The fourth-order valence-electron chi connectivity index (χ4n) is 9.55. The smallest absolute Gasteiger partial charge is 0.416 e. The summed E-state index contributed by atoms with van der Waals surface area (Å²) in [7, 11) is 0. The topological polar surface area (TPSA) is 13.1 Å². The van der Waals surface area contributed by atoms with Crippen LogP contribution in [-0.4, -0.2) is 0 Å². The standard InChI is InChI=1S/C55H34F3IO/c1-32(59)33-21-23-34(24-22-33)50-43-15-6-8-17-45(43)53(46-18-9-7-16-44(46)50)48-20-10-19-47-38-30-27-36(31-49(38)60-54(47)48)52-41-13-4-2-11-39(41)51(40-12-3-5-14-42(40)52)35-25-28-37(29-26-35)55(56,57)58/h2-8,10-17,19-31H,1,9,18H2. The van der Waals surface area contributed by atoms with E-state index >= 15 is 0 Å². The van der Waals surface area contributed by atoms with Crippen molar-refractivity contribution in [1.29, 1.82) is 0 Å². The number of rotatable bonds is 5. The Balaban J connectivity index is 1.12. The molecule has 9 aromatic carbocycles. The summed E-state index contributed by atoms with van der Waals surface area (Å²) in [5, 5.41) is 8.47. The van der Waals surface area contributed by atoms with E-state index in [0.29, 0.717) is 0 Å². The van der Waals surface area contributed by atoms with Crippen LogP contribution in [-0.2, 0) is 12.6 Å². The minimum Gasteiger partial charge on any atom is -0.455 e. The molecule has 60 heavy (non-hydrogen) atoms. The molecule has 11 rings (SSSR count). The third kappa shape index (κ3) is 5.81. The van der Waals surface area contributed by atoms with Crippen LogP contribution in [0.15, 0.2) is 175 Å². The molecule has 0 bridgehead atoms. The lowest BCUT2D eigenvalue weighted by Crippen LogP contribution is -2.04. The Kier molecular flexibility index (Phi) is 8.60. The van der Waals surface area contributed by atoms with E-state index in [0.717, 1.165) is 93.3 Å². The van der Waals surface area contributed by atoms with Crippen molar-refractivity contribution in [3.05, 3.63) is 193 Å². The highest BCUT2D eigenvalue weighted by Crippen LogP contribution is 2.49. The maximum Gasteiger partial charge on any atom is 0.416 e. The number of alkyl halides is 3. The van der Waals surface area contributed by atoms with Gasteiger partial charge >= 0.3 is 6.18 Å². The Morgan fingerprint density at radius 3 is 1.65 bits per heavy atom. The number of furan rings is 1. The summed E-state index contributed by atoms with van der Waals surface area (Å²) in [5.74, 6) is 0. The molecule has 288 valence electrons. The molecule has 0 atom stereocenters. The predicted molar refractivity (Wildman–Crippen MR) is 253 cm³/mol. The number of para-hydroxylation sites is 1. The van der Waals surface area contributed by atoms with Crippen molar-refractivity contribution in [2.75, 3.05) is 0 Å². The molecule has 1 aromatic heterocycles. The quantitative estimate of drug-likeness (QED) is 0.124. The van der Waals surface area contributed by atoms with Crippen molar-refractivity contribution in [1.82, 2.24) is 0 Å². The summed E-state index contributed by atoms with van der Waals surface area (Å²) in [4.78, 5) is 0. The number of halogens is 4. The maximum atomic E-state index is 13.6. The summed E-state index contributed by atoms with van der Waals surface area (Å²) in [6.07, 6.45) is 2.07. The lowest BCUT2D eigenvalue weighted by molar-refractivity contribution is -0.137. The zero-order valence-electron chi connectivity index (χ0n) is 32.2. The van der Waals surface area contributed by atoms with Crippen LogP contribution in [0.4, 0.5) is 13.2 Å². The van der Waals surface area contributed by atoms with Gasteiger partial charge in [0.25, 0.3) is 0 Å². The maximum absolute atomic E-state index is 13.6. The second-order valence-electron chi connectivity index (χ2n) is 15.5. The van der Waals surface area contributed by atoms with E-state index < -0.39 is 11.7 Å². The monoisotopic (exact) mass is 894 g/mol. The first-order valence-corrected chi connectivity index (χ1v) is 21.1. The average molecular weight is 895 g/mol. The Morgan fingerprint density at radius 1 is 0.533 bits per heavy atom. The number of benzene rings is 9. The van der Waals surface area contributed by atoms with Crippen LogP contribution in [0, 0.1) is 0 Å². The molecule has 1 nitrogen and oxygen atoms in total. The van der Waals surface area contributed by atoms with Crippen LogP contribution < -0.4 is 0 Å². The third-order valence-electron chi connectivity index (χ3n) is 12.2. The van der Waals surface area contributed by atoms with Gasteiger partial charge in [-0.15, -0.1) is 0 Å². The van der Waals surface area contributed by atoms with Crippen molar-refractivity contribution >= 4 is 86.5 Å². The fourth-order valence-corrected chi connectivity index (χ4v) is 9.91. The molecular weight excluding hydrogens is 861 g/mol. The van der Waals surface area contributed by atoms with Crippen LogP contribution in [0.3, 0.4) is 0 Å². The Morgan fingerprint density at radius 2 is 1.05 bits per heavy atom. The van der Waals surface area contributed by atoms with Crippen molar-refractivity contribution in [3.63, 3.8) is 0 Å².